The number of carbonyl (C=O) groups excluding carboxylic acids is 1. The maximum Gasteiger partial charge on any atom is 0.255 e. The summed E-state index contributed by atoms with van der Waals surface area (Å²) < 4.78 is 26.3. The van der Waals surface area contributed by atoms with Gasteiger partial charge in [-0.25, -0.2) is 12.7 Å². The van der Waals surface area contributed by atoms with E-state index >= 15 is 0 Å². The molecule has 174 valence electrons. The van der Waals surface area contributed by atoms with Crippen LogP contribution in [-0.4, -0.2) is 69.8 Å². The summed E-state index contributed by atoms with van der Waals surface area (Å²) in [6.07, 6.45) is 0. The number of hydrogen-bond acceptors (Lipinski definition) is 5. The Morgan fingerprint density at radius 1 is 1.00 bits per heavy atom. The highest BCUT2D eigenvalue weighted by atomic mass is 32.2. The van der Waals surface area contributed by atoms with Crippen molar-refractivity contribution in [1.29, 1.82) is 0 Å². The van der Waals surface area contributed by atoms with Crippen molar-refractivity contribution in [3.63, 3.8) is 0 Å². The first-order chi connectivity index (χ1) is 15.0. The Balaban J connectivity index is 1.75. The van der Waals surface area contributed by atoms with Gasteiger partial charge in [-0.15, -0.1) is 0 Å². The largest absolute Gasteiger partial charge is 0.369 e. The fourth-order valence-corrected chi connectivity index (χ4v) is 4.84. The van der Waals surface area contributed by atoms with Crippen molar-refractivity contribution >= 4 is 27.3 Å². The van der Waals surface area contributed by atoms with Crippen LogP contribution >= 0.6 is 0 Å². The number of nitrogens with one attached hydrogen (secondary N) is 1. The Morgan fingerprint density at radius 3 is 2.12 bits per heavy atom. The zero-order valence-electron chi connectivity index (χ0n) is 19.8. The molecule has 0 bridgehead atoms. The lowest BCUT2D eigenvalue weighted by Gasteiger charge is -2.38. The summed E-state index contributed by atoms with van der Waals surface area (Å²) in [4.78, 5) is 17.9. The van der Waals surface area contributed by atoms with Crippen molar-refractivity contribution in [2.24, 2.45) is 0 Å². The molecule has 1 aliphatic heterocycles. The maximum atomic E-state index is 12.9. The highest BCUT2D eigenvalue weighted by Crippen LogP contribution is 2.26. The zero-order chi connectivity index (χ0) is 23.6. The van der Waals surface area contributed by atoms with Crippen molar-refractivity contribution in [3.05, 3.63) is 53.1 Å². The van der Waals surface area contributed by atoms with Crippen molar-refractivity contribution in [1.82, 2.24) is 9.21 Å². The van der Waals surface area contributed by atoms with Gasteiger partial charge in [0.25, 0.3) is 5.91 Å². The van der Waals surface area contributed by atoms with Crippen molar-refractivity contribution in [3.8, 4) is 0 Å². The second-order valence-electron chi connectivity index (χ2n) is 8.82. The fourth-order valence-electron chi connectivity index (χ4n) is 3.83. The third kappa shape index (κ3) is 5.14. The van der Waals surface area contributed by atoms with E-state index in [2.05, 4.69) is 29.0 Å². The minimum absolute atomic E-state index is 0.164. The first-order valence-corrected chi connectivity index (χ1v) is 12.4. The molecule has 0 aromatic heterocycles. The molecule has 0 unspecified atom stereocenters. The van der Waals surface area contributed by atoms with E-state index in [4.69, 9.17) is 0 Å². The molecule has 1 aliphatic rings. The molecule has 0 atom stereocenters. The van der Waals surface area contributed by atoms with Gasteiger partial charge in [0.15, 0.2) is 0 Å². The molecule has 3 rings (SSSR count). The van der Waals surface area contributed by atoms with Crippen molar-refractivity contribution in [2.45, 2.75) is 38.6 Å². The summed E-state index contributed by atoms with van der Waals surface area (Å²) in [7, 11) is -0.607. The van der Waals surface area contributed by atoms with Crippen LogP contribution in [-0.2, 0) is 10.0 Å². The van der Waals surface area contributed by atoms with Gasteiger partial charge < -0.3 is 10.2 Å². The number of hydrogen-bond donors (Lipinski definition) is 1. The van der Waals surface area contributed by atoms with Gasteiger partial charge in [-0.05, 0) is 75.2 Å². The Hall–Kier alpha value is -2.42. The molecule has 1 amide bonds. The number of nitrogens with zero attached hydrogens (tertiary/aromatic N) is 3. The van der Waals surface area contributed by atoms with Crippen LogP contribution in [0.4, 0.5) is 11.4 Å². The molecule has 0 aliphatic carbocycles. The predicted molar refractivity (Wildman–Crippen MR) is 130 cm³/mol. The van der Waals surface area contributed by atoms with Crippen molar-refractivity contribution < 1.29 is 13.2 Å². The van der Waals surface area contributed by atoms with E-state index < -0.39 is 10.0 Å². The fraction of sp³-hybridized carbons (Fsp3) is 0.458. The maximum absolute atomic E-state index is 12.9. The summed E-state index contributed by atoms with van der Waals surface area (Å²) in [6, 6.07) is 11.3. The normalized spacial score (nSPS) is 15.4. The number of carbonyl (C=O) groups is 1. The summed E-state index contributed by atoms with van der Waals surface area (Å²) in [5.74, 6) is -0.261. The Bertz CT molecular complexity index is 1070. The number of rotatable bonds is 6. The number of aryl methyl sites for hydroxylation is 1. The lowest BCUT2D eigenvalue weighted by Crippen LogP contribution is -2.48. The number of benzene rings is 2. The molecule has 2 aromatic carbocycles. The van der Waals surface area contributed by atoms with Gasteiger partial charge >= 0.3 is 0 Å². The third-order valence-electron chi connectivity index (χ3n) is 6.21. The molecule has 0 spiro atoms. The predicted octanol–water partition coefficient (Wildman–Crippen LogP) is 3.34. The second kappa shape index (κ2) is 9.60. The molecule has 1 fully saturated rings. The summed E-state index contributed by atoms with van der Waals surface area (Å²) >= 11 is 0. The van der Waals surface area contributed by atoms with Crippen molar-refractivity contribution in [2.75, 3.05) is 50.5 Å². The lowest BCUT2D eigenvalue weighted by atomic mass is 10.1. The minimum Gasteiger partial charge on any atom is -0.369 e. The summed E-state index contributed by atoms with van der Waals surface area (Å²) in [6.45, 7) is 12.2. The molecule has 8 heteroatoms. The van der Waals surface area contributed by atoms with Gasteiger partial charge in [-0.3, -0.25) is 9.69 Å². The number of anilines is 2. The number of amides is 1. The lowest BCUT2D eigenvalue weighted by molar-refractivity contribution is 0.102. The van der Waals surface area contributed by atoms with Crippen LogP contribution in [0.2, 0.25) is 0 Å². The number of sulfonamides is 1. The van der Waals surface area contributed by atoms with Crippen LogP contribution in [0.15, 0.2) is 41.3 Å². The summed E-state index contributed by atoms with van der Waals surface area (Å²) in [5.41, 5.74) is 3.79. The molecular formula is C24H34N4O3S. The first kappa shape index (κ1) is 24.2. The molecule has 0 saturated carbocycles. The van der Waals surface area contributed by atoms with Crippen LogP contribution in [0.3, 0.4) is 0 Å². The van der Waals surface area contributed by atoms with Crippen LogP contribution < -0.4 is 10.2 Å². The highest BCUT2D eigenvalue weighted by Gasteiger charge is 2.21. The Morgan fingerprint density at radius 2 is 1.59 bits per heavy atom. The molecule has 1 saturated heterocycles. The van der Waals surface area contributed by atoms with Crippen LogP contribution in [0, 0.1) is 13.8 Å². The molecule has 0 radical (unpaired) electrons. The molecule has 32 heavy (non-hydrogen) atoms. The summed E-state index contributed by atoms with van der Waals surface area (Å²) in [5, 5.41) is 2.89. The van der Waals surface area contributed by atoms with Gasteiger partial charge in [0.05, 0.1) is 4.90 Å². The molecule has 1 heterocycles. The standard InChI is InChI=1S/C24H34N4O3S/c1-17(2)27-11-13-28(14-12-27)21-9-7-20(8-10-21)24(29)25-23-16-22(15-18(3)19(23)4)32(30,31)26(5)6/h7-10,15-17H,11-14H2,1-6H3,(H,25,29). The zero-order valence-corrected chi connectivity index (χ0v) is 20.7. The third-order valence-corrected chi connectivity index (χ3v) is 8.00. The Labute approximate surface area is 192 Å². The van der Waals surface area contributed by atoms with Gasteiger partial charge in [0.1, 0.15) is 0 Å². The van der Waals surface area contributed by atoms with E-state index in [0.29, 0.717) is 17.3 Å². The van der Waals surface area contributed by atoms with E-state index in [1.54, 1.807) is 6.07 Å². The average molecular weight is 459 g/mol. The van der Waals surface area contributed by atoms with E-state index in [-0.39, 0.29) is 10.8 Å². The first-order valence-electron chi connectivity index (χ1n) is 10.9. The van der Waals surface area contributed by atoms with E-state index in [1.165, 1.54) is 24.5 Å². The van der Waals surface area contributed by atoms with Gasteiger partial charge in [-0.1, -0.05) is 0 Å². The average Bonchev–Trinajstić information content (AvgIpc) is 2.76. The number of piperazine rings is 1. The molecule has 7 nitrogen and oxygen atoms in total. The van der Waals surface area contributed by atoms with E-state index in [0.717, 1.165) is 43.0 Å². The molecular weight excluding hydrogens is 424 g/mol. The highest BCUT2D eigenvalue weighted by molar-refractivity contribution is 7.89. The van der Waals surface area contributed by atoms with Gasteiger partial charge in [-0.2, -0.15) is 0 Å². The van der Waals surface area contributed by atoms with Crippen LogP contribution in [0.5, 0.6) is 0 Å². The Kier molecular flexibility index (Phi) is 7.27. The monoisotopic (exact) mass is 458 g/mol. The quantitative estimate of drug-likeness (QED) is 0.719. The smallest absolute Gasteiger partial charge is 0.255 e. The van der Waals surface area contributed by atoms with Crippen LogP contribution in [0.1, 0.15) is 35.3 Å². The SMILES string of the molecule is Cc1cc(S(=O)(=O)N(C)C)cc(NC(=O)c2ccc(N3CCN(C(C)C)CC3)cc2)c1C. The van der Waals surface area contributed by atoms with E-state index in [1.807, 2.05) is 38.1 Å². The topological polar surface area (TPSA) is 73.0 Å². The van der Waals surface area contributed by atoms with Gasteiger partial charge in [0, 0.05) is 63.3 Å². The van der Waals surface area contributed by atoms with E-state index in [9.17, 15) is 13.2 Å². The molecule has 2 aromatic rings. The van der Waals surface area contributed by atoms with Crippen LogP contribution in [0.25, 0.3) is 0 Å². The second-order valence-corrected chi connectivity index (χ2v) is 11.0. The minimum atomic E-state index is -3.59. The molecule has 1 N–H and O–H groups in total. The van der Waals surface area contributed by atoms with Gasteiger partial charge in [0.2, 0.25) is 10.0 Å².